The third-order valence-electron chi connectivity index (χ3n) is 4.32. The van der Waals surface area contributed by atoms with Crippen LogP contribution in [0, 0.1) is 27.3 Å². The van der Waals surface area contributed by atoms with Gasteiger partial charge in [0.15, 0.2) is 0 Å². The van der Waals surface area contributed by atoms with Gasteiger partial charge in [-0.2, -0.15) is 5.26 Å². The molecule has 10 heteroatoms. The lowest BCUT2D eigenvalue weighted by molar-refractivity contribution is -0.384. The molecule has 0 aliphatic rings. The number of nitro benzene ring substituents is 1. The van der Waals surface area contributed by atoms with Crippen LogP contribution in [0.5, 0.6) is 5.75 Å². The number of carbonyl (C=O) groups is 1. The van der Waals surface area contributed by atoms with Gasteiger partial charge in [0.05, 0.1) is 19.6 Å². The molecule has 0 aliphatic carbocycles. The van der Waals surface area contributed by atoms with Crippen LogP contribution in [0.1, 0.15) is 11.1 Å². The van der Waals surface area contributed by atoms with Gasteiger partial charge in [-0.3, -0.25) is 14.9 Å². The number of hydrogen-bond donors (Lipinski definition) is 1. The summed E-state index contributed by atoms with van der Waals surface area (Å²) >= 11 is 6.79. The number of nitrogens with zero attached hydrogens (tertiary/aromatic N) is 2. The molecule has 0 bridgehead atoms. The molecule has 1 amide bonds. The van der Waals surface area contributed by atoms with Crippen molar-refractivity contribution in [2.45, 2.75) is 6.61 Å². The van der Waals surface area contributed by atoms with Crippen molar-refractivity contribution < 1.29 is 18.8 Å². The molecular weight excluding hydrogens is 561 g/mol. The van der Waals surface area contributed by atoms with E-state index in [9.17, 15) is 24.6 Å². The summed E-state index contributed by atoms with van der Waals surface area (Å²) in [4.78, 5) is 22.9. The standard InChI is InChI=1S/C23H14Br2FN3O4/c24-18-10-15(8-16(12-27)23(30)28-21-7-2-1-6-20(21)26)11-19(25)22(18)33-13-14-4-3-5-17(9-14)29(31)32/h1-11H,13H2,(H,28,30)/b16-8-. The molecule has 3 rings (SSSR count). The number of anilines is 1. The van der Waals surface area contributed by atoms with E-state index in [-0.39, 0.29) is 23.6 Å². The number of nitro groups is 1. The van der Waals surface area contributed by atoms with Gasteiger partial charge in [-0.15, -0.1) is 0 Å². The Bertz CT molecular complexity index is 1280. The van der Waals surface area contributed by atoms with Crippen LogP contribution < -0.4 is 10.1 Å². The second-order valence-corrected chi connectivity index (χ2v) is 8.34. The van der Waals surface area contributed by atoms with Gasteiger partial charge in [-0.05, 0) is 73.3 Å². The maximum absolute atomic E-state index is 13.8. The molecule has 0 aromatic heterocycles. The lowest BCUT2D eigenvalue weighted by atomic mass is 10.1. The van der Waals surface area contributed by atoms with Gasteiger partial charge in [0, 0.05) is 12.1 Å². The minimum absolute atomic E-state index is 0.0316. The van der Waals surface area contributed by atoms with Gasteiger partial charge in [0.25, 0.3) is 11.6 Å². The van der Waals surface area contributed by atoms with Crippen LogP contribution in [-0.4, -0.2) is 10.8 Å². The molecule has 33 heavy (non-hydrogen) atoms. The number of nitriles is 1. The monoisotopic (exact) mass is 573 g/mol. The Morgan fingerprint density at radius 3 is 2.48 bits per heavy atom. The van der Waals surface area contributed by atoms with E-state index in [4.69, 9.17) is 4.74 Å². The highest BCUT2D eigenvalue weighted by molar-refractivity contribution is 9.11. The number of nitrogens with one attached hydrogen (secondary N) is 1. The van der Waals surface area contributed by atoms with Crippen molar-refractivity contribution in [2.75, 3.05) is 5.32 Å². The van der Waals surface area contributed by atoms with E-state index in [2.05, 4.69) is 37.2 Å². The lowest BCUT2D eigenvalue weighted by Gasteiger charge is -2.12. The number of amides is 1. The van der Waals surface area contributed by atoms with Crippen LogP contribution in [-0.2, 0) is 11.4 Å². The highest BCUT2D eigenvalue weighted by atomic mass is 79.9. The van der Waals surface area contributed by atoms with Crippen LogP contribution in [0.2, 0.25) is 0 Å². The Balaban J connectivity index is 1.78. The van der Waals surface area contributed by atoms with Crippen molar-refractivity contribution in [2.24, 2.45) is 0 Å². The van der Waals surface area contributed by atoms with E-state index >= 15 is 0 Å². The fourth-order valence-electron chi connectivity index (χ4n) is 2.78. The maximum atomic E-state index is 13.8. The van der Waals surface area contributed by atoms with E-state index in [0.29, 0.717) is 25.8 Å². The first kappa shape index (κ1) is 24.1. The molecule has 0 radical (unpaired) electrons. The molecule has 3 aromatic rings. The maximum Gasteiger partial charge on any atom is 0.269 e. The Morgan fingerprint density at radius 1 is 1.15 bits per heavy atom. The molecule has 0 heterocycles. The number of benzene rings is 3. The SMILES string of the molecule is N#C/C(=C/c1cc(Br)c(OCc2cccc([N+](=O)[O-])c2)c(Br)c1)C(=O)Nc1ccccc1F. The molecule has 7 nitrogen and oxygen atoms in total. The zero-order chi connectivity index (χ0) is 24.0. The molecule has 0 spiro atoms. The highest BCUT2D eigenvalue weighted by Crippen LogP contribution is 2.36. The van der Waals surface area contributed by atoms with E-state index in [0.717, 1.165) is 0 Å². The minimum Gasteiger partial charge on any atom is -0.487 e. The number of ether oxygens (including phenoxy) is 1. The predicted octanol–water partition coefficient (Wildman–Crippen LogP) is 6.38. The fraction of sp³-hybridized carbons (Fsp3) is 0.0435. The zero-order valence-electron chi connectivity index (χ0n) is 16.7. The second kappa shape index (κ2) is 10.8. The van der Waals surface area contributed by atoms with Gasteiger partial charge in [0.1, 0.15) is 29.8 Å². The number of non-ortho nitro benzene ring substituents is 1. The quantitative estimate of drug-likeness (QED) is 0.152. The smallest absolute Gasteiger partial charge is 0.269 e. The summed E-state index contributed by atoms with van der Waals surface area (Å²) in [6.45, 7) is 0.0859. The van der Waals surface area contributed by atoms with Gasteiger partial charge >= 0.3 is 0 Å². The van der Waals surface area contributed by atoms with Crippen LogP contribution in [0.3, 0.4) is 0 Å². The number of carbonyl (C=O) groups excluding carboxylic acids is 1. The fourth-order valence-corrected chi connectivity index (χ4v) is 4.23. The van der Waals surface area contributed by atoms with Crippen LogP contribution in [0.4, 0.5) is 15.8 Å². The predicted molar refractivity (Wildman–Crippen MR) is 128 cm³/mol. The van der Waals surface area contributed by atoms with Crippen molar-refractivity contribution in [3.05, 3.63) is 102 Å². The number of halogens is 3. The molecule has 0 unspecified atom stereocenters. The van der Waals surface area contributed by atoms with E-state index in [1.165, 1.54) is 36.4 Å². The molecule has 3 aromatic carbocycles. The zero-order valence-corrected chi connectivity index (χ0v) is 19.9. The molecule has 0 atom stereocenters. The summed E-state index contributed by atoms with van der Waals surface area (Å²) in [6.07, 6.45) is 1.36. The average molecular weight is 575 g/mol. The summed E-state index contributed by atoms with van der Waals surface area (Å²) in [5, 5.41) is 22.7. The third kappa shape index (κ3) is 6.25. The average Bonchev–Trinajstić information content (AvgIpc) is 2.78. The third-order valence-corrected chi connectivity index (χ3v) is 5.50. The van der Waals surface area contributed by atoms with Crippen LogP contribution >= 0.6 is 31.9 Å². The summed E-state index contributed by atoms with van der Waals surface area (Å²) in [7, 11) is 0. The summed E-state index contributed by atoms with van der Waals surface area (Å²) in [5.74, 6) is -0.923. The number of hydrogen-bond acceptors (Lipinski definition) is 5. The number of para-hydroxylation sites is 1. The van der Waals surface area contributed by atoms with Crippen molar-refractivity contribution in [3.8, 4) is 11.8 Å². The van der Waals surface area contributed by atoms with Crippen molar-refractivity contribution in [3.63, 3.8) is 0 Å². The lowest BCUT2D eigenvalue weighted by Crippen LogP contribution is -2.14. The molecule has 1 N–H and O–H groups in total. The van der Waals surface area contributed by atoms with E-state index in [1.807, 2.05) is 6.07 Å². The van der Waals surface area contributed by atoms with Gasteiger partial charge in [-0.1, -0.05) is 24.3 Å². The largest absolute Gasteiger partial charge is 0.487 e. The second-order valence-electron chi connectivity index (χ2n) is 6.63. The molecule has 0 saturated carbocycles. The first-order valence-electron chi connectivity index (χ1n) is 9.31. The Morgan fingerprint density at radius 2 is 1.85 bits per heavy atom. The first-order chi connectivity index (χ1) is 15.8. The van der Waals surface area contributed by atoms with Crippen molar-refractivity contribution in [1.29, 1.82) is 5.26 Å². The molecule has 0 fully saturated rings. The molecule has 0 aliphatic heterocycles. The van der Waals surface area contributed by atoms with Gasteiger partial charge in [-0.25, -0.2) is 4.39 Å². The van der Waals surface area contributed by atoms with Gasteiger partial charge in [0.2, 0.25) is 0 Å². The molecule has 166 valence electrons. The van der Waals surface area contributed by atoms with Crippen LogP contribution in [0.15, 0.2) is 75.2 Å². The Hall–Kier alpha value is -3.55. The van der Waals surface area contributed by atoms with Crippen molar-refractivity contribution in [1.82, 2.24) is 0 Å². The number of rotatable bonds is 7. The first-order valence-corrected chi connectivity index (χ1v) is 10.9. The topological polar surface area (TPSA) is 105 Å². The van der Waals surface area contributed by atoms with Crippen LogP contribution in [0.25, 0.3) is 6.08 Å². The minimum atomic E-state index is -0.749. The Labute approximate surface area is 204 Å². The molecule has 0 saturated heterocycles. The van der Waals surface area contributed by atoms with Gasteiger partial charge < -0.3 is 10.1 Å². The highest BCUT2D eigenvalue weighted by Gasteiger charge is 2.14. The summed E-state index contributed by atoms with van der Waals surface area (Å²) in [5.41, 5.74) is 0.839. The van der Waals surface area contributed by atoms with Crippen molar-refractivity contribution >= 4 is 55.2 Å². The van der Waals surface area contributed by atoms with E-state index < -0.39 is 16.6 Å². The summed E-state index contributed by atoms with van der Waals surface area (Å²) < 4.78 is 20.6. The van der Waals surface area contributed by atoms with E-state index in [1.54, 1.807) is 30.3 Å². The summed E-state index contributed by atoms with van der Waals surface area (Å²) in [6, 6.07) is 16.8. The molecular formula is C23H14Br2FN3O4. The normalized spacial score (nSPS) is 10.9. The Kier molecular flexibility index (Phi) is 7.92.